The number of nitrogen functional groups attached to an aromatic ring is 2. The molecule has 5 aromatic rings. The number of carbonyl (C=O) groups excluding carboxylic acids is 3. The van der Waals surface area contributed by atoms with E-state index < -0.39 is 59.6 Å². The number of anilines is 3. The summed E-state index contributed by atoms with van der Waals surface area (Å²) >= 11 is 0. The van der Waals surface area contributed by atoms with Crippen molar-refractivity contribution in [2.45, 2.75) is 83.6 Å². The molecular weight excluding hydrogens is 909 g/mol. The summed E-state index contributed by atoms with van der Waals surface area (Å²) in [5.74, 6) is -3.01. The number of imidazole rings is 1. The Bertz CT molecular complexity index is 2820. The van der Waals surface area contributed by atoms with Crippen molar-refractivity contribution in [1.82, 2.24) is 45.1 Å². The zero-order chi connectivity index (χ0) is 48.8. The number of aryl methyl sites for hydroxylation is 1. The number of aromatic nitrogens is 7. The zero-order valence-electron chi connectivity index (χ0n) is 37.0. The van der Waals surface area contributed by atoms with Crippen LogP contribution in [-0.4, -0.2) is 110 Å². The summed E-state index contributed by atoms with van der Waals surface area (Å²) in [4.78, 5) is 98.3. The van der Waals surface area contributed by atoms with Gasteiger partial charge in [-0.1, -0.05) is 60.2 Å². The number of nitrogens with one attached hydrogen (secondary N) is 4. The number of fused-ring (bicyclic) bond motifs is 2. The average molecular weight is 961 g/mol. The molecule has 4 aromatic heterocycles. The van der Waals surface area contributed by atoms with Gasteiger partial charge in [0.2, 0.25) is 11.9 Å². The molecular formula is C43H52N12O10S2. The lowest BCUT2D eigenvalue weighted by atomic mass is 10.1. The Morgan fingerprint density at radius 1 is 1.00 bits per heavy atom. The fourth-order valence-corrected chi connectivity index (χ4v) is 8.52. The minimum atomic E-state index is -1.46. The Morgan fingerprint density at radius 3 is 2.42 bits per heavy atom. The summed E-state index contributed by atoms with van der Waals surface area (Å²) < 4.78 is 13.0. The van der Waals surface area contributed by atoms with Crippen molar-refractivity contribution in [1.29, 1.82) is 0 Å². The number of amides is 2. The first-order chi connectivity index (χ1) is 31.9. The van der Waals surface area contributed by atoms with Crippen LogP contribution in [0.5, 0.6) is 0 Å². The van der Waals surface area contributed by atoms with Crippen LogP contribution < -0.4 is 43.5 Å². The molecule has 2 amide bonds. The number of hydrogen-bond acceptors (Lipinski definition) is 18. The number of nitrogens with zero attached hydrogens (tertiary/aromatic N) is 6. The molecule has 2 atom stereocenters. The highest BCUT2D eigenvalue weighted by molar-refractivity contribution is 8.76. The van der Waals surface area contributed by atoms with Gasteiger partial charge >= 0.3 is 18.1 Å². The van der Waals surface area contributed by atoms with Crippen molar-refractivity contribution < 1.29 is 43.7 Å². The van der Waals surface area contributed by atoms with Gasteiger partial charge in [0.15, 0.2) is 17.0 Å². The van der Waals surface area contributed by atoms with Gasteiger partial charge < -0.3 is 51.7 Å². The third kappa shape index (κ3) is 14.1. The molecule has 0 aliphatic rings. The van der Waals surface area contributed by atoms with Gasteiger partial charge in [0.05, 0.1) is 35.8 Å². The number of ether oxygens (including phenoxy) is 2. The zero-order valence-corrected chi connectivity index (χ0v) is 38.6. The van der Waals surface area contributed by atoms with Crippen molar-refractivity contribution in [2.24, 2.45) is 0 Å². The molecule has 67 heavy (non-hydrogen) atoms. The summed E-state index contributed by atoms with van der Waals surface area (Å²) in [5.41, 5.74) is 12.7. The minimum absolute atomic E-state index is 0.0218. The monoisotopic (exact) mass is 960 g/mol. The van der Waals surface area contributed by atoms with Gasteiger partial charge in [-0.15, -0.1) is 0 Å². The van der Waals surface area contributed by atoms with Crippen molar-refractivity contribution in [3.63, 3.8) is 0 Å². The molecule has 0 spiro atoms. The lowest BCUT2D eigenvalue weighted by Gasteiger charge is -2.26. The predicted octanol–water partition coefficient (Wildman–Crippen LogP) is 2.50. The van der Waals surface area contributed by atoms with Crippen LogP contribution in [0.2, 0.25) is 0 Å². The largest absolute Gasteiger partial charge is 0.508 e. The lowest BCUT2D eigenvalue weighted by molar-refractivity contribution is -0.142. The SMILES string of the molecule is C=C/C=c1\c(=C)nc(N)c2nc(CCCC)n(CC(C)(C)OC(=O)OCCSSCC(NC(=O)CCC(NC(=O)c3ccc(NCc4cnc5nc(N)[nH]c(=O)c5n4)cc3)C(=O)O)C(=O)O)c12. The van der Waals surface area contributed by atoms with Crippen LogP contribution in [-0.2, 0) is 43.4 Å². The molecule has 1 aromatic carbocycles. The molecule has 0 radical (unpaired) electrons. The maximum absolute atomic E-state index is 12.9. The van der Waals surface area contributed by atoms with Crippen LogP contribution in [0.3, 0.4) is 0 Å². The number of benzene rings is 1. The number of aromatic amines is 1. The molecule has 24 heteroatoms. The van der Waals surface area contributed by atoms with Gasteiger partial charge in [0.25, 0.3) is 11.5 Å². The molecule has 356 valence electrons. The van der Waals surface area contributed by atoms with Gasteiger partial charge in [0.1, 0.15) is 35.6 Å². The first-order valence-electron chi connectivity index (χ1n) is 20.9. The second-order valence-electron chi connectivity index (χ2n) is 15.5. The van der Waals surface area contributed by atoms with Crippen LogP contribution in [0, 0.1) is 0 Å². The van der Waals surface area contributed by atoms with Gasteiger partial charge in [-0.2, -0.15) is 4.98 Å². The molecule has 22 nitrogen and oxygen atoms in total. The normalized spacial score (nSPS) is 12.6. The summed E-state index contributed by atoms with van der Waals surface area (Å²) in [6, 6.07) is 3.31. The van der Waals surface area contributed by atoms with Crippen LogP contribution in [0.1, 0.15) is 68.3 Å². The van der Waals surface area contributed by atoms with Crippen LogP contribution in [0.15, 0.2) is 47.9 Å². The van der Waals surface area contributed by atoms with Gasteiger partial charge in [-0.25, -0.2) is 34.3 Å². The highest BCUT2D eigenvalue weighted by atomic mass is 33.1. The van der Waals surface area contributed by atoms with Crippen LogP contribution >= 0.6 is 21.6 Å². The molecule has 4 heterocycles. The van der Waals surface area contributed by atoms with E-state index in [1.54, 1.807) is 38.1 Å². The Labute approximate surface area is 390 Å². The number of allylic oxidation sites excluding steroid dienone is 1. The average Bonchev–Trinajstić information content (AvgIpc) is 3.62. The van der Waals surface area contributed by atoms with E-state index in [0.717, 1.165) is 29.5 Å². The molecule has 10 N–H and O–H groups in total. The van der Waals surface area contributed by atoms with Gasteiger partial charge in [0, 0.05) is 40.8 Å². The van der Waals surface area contributed by atoms with E-state index in [1.165, 1.54) is 29.1 Å². The molecule has 0 fully saturated rings. The first-order valence-corrected chi connectivity index (χ1v) is 23.4. The number of hydrogen-bond donors (Lipinski definition) is 8. The van der Waals surface area contributed by atoms with E-state index in [2.05, 4.69) is 61.0 Å². The van der Waals surface area contributed by atoms with E-state index in [9.17, 15) is 39.0 Å². The fraction of sp³-hybridized carbons (Fsp3) is 0.372. The maximum atomic E-state index is 12.9. The Kier molecular flexibility index (Phi) is 17.7. The number of carbonyl (C=O) groups is 5. The molecule has 0 saturated heterocycles. The number of carboxylic acids is 2. The second kappa shape index (κ2) is 23.3. The molecule has 0 aliphatic heterocycles. The van der Waals surface area contributed by atoms with Gasteiger partial charge in [-0.05, 0) is 51.0 Å². The highest BCUT2D eigenvalue weighted by Crippen LogP contribution is 2.25. The van der Waals surface area contributed by atoms with Crippen LogP contribution in [0.4, 0.5) is 22.2 Å². The Hall–Kier alpha value is -7.21. The number of unbranched alkanes of at least 4 members (excludes halogenated alkanes) is 1. The summed E-state index contributed by atoms with van der Waals surface area (Å²) in [6.07, 6.45) is 5.69. The van der Waals surface area contributed by atoms with Crippen molar-refractivity contribution in [3.05, 3.63) is 81.1 Å². The molecule has 5 rings (SSSR count). The molecule has 0 saturated carbocycles. The van der Waals surface area contributed by atoms with E-state index in [1.807, 2.05) is 4.57 Å². The molecule has 0 bridgehead atoms. The number of H-pyrrole nitrogens is 1. The fourth-order valence-electron chi connectivity index (χ4n) is 6.54. The van der Waals surface area contributed by atoms with Crippen molar-refractivity contribution in [2.75, 3.05) is 34.9 Å². The Morgan fingerprint density at radius 2 is 1.73 bits per heavy atom. The third-order valence-electron chi connectivity index (χ3n) is 9.76. The third-order valence-corrected chi connectivity index (χ3v) is 12.1. The van der Waals surface area contributed by atoms with E-state index in [0.29, 0.717) is 39.4 Å². The molecule has 0 aliphatic carbocycles. The Balaban J connectivity index is 1.03. The lowest BCUT2D eigenvalue weighted by Crippen LogP contribution is -2.44. The van der Waals surface area contributed by atoms with E-state index >= 15 is 0 Å². The number of carboxylic acid groups (broad SMARTS) is 2. The van der Waals surface area contributed by atoms with Crippen molar-refractivity contribution >= 4 is 104 Å². The summed E-state index contributed by atoms with van der Waals surface area (Å²) in [7, 11) is 2.33. The molecule has 2 unspecified atom stereocenters. The standard InChI is InChI=1S/C43H52N12O10S2/c1-6-8-10-30-52-32-34(27(9-7-2)23(3)48-35(32)44)55(30)22-43(4,5)65-42(63)64-17-18-66-67-21-29(40(61)62)50-31(56)16-15-28(39(59)60)51-37(57)24-11-13-25(14-12-24)46-19-26-20-47-36-33(49-26)38(58)54-41(45)53-36/h7,9,11-14,20,28-29,46H,2-3,6,8,10,15-19,21-22H2,1,4-5H3,(H2,44,48)(H,50,56)(H,51,57)(H,59,60)(H,61,62)(H3,45,47,53,54,58)/b27-9+. The quantitative estimate of drug-likeness (QED) is 0.0250. The van der Waals surface area contributed by atoms with E-state index in [-0.39, 0.29) is 66.1 Å². The number of nitrogens with two attached hydrogens (primary N) is 2. The topological polar surface area (TPSA) is 335 Å². The van der Waals surface area contributed by atoms with Crippen molar-refractivity contribution in [3.8, 4) is 0 Å². The smallest absolute Gasteiger partial charge is 0.480 e. The predicted molar refractivity (Wildman–Crippen MR) is 255 cm³/mol. The number of aliphatic carboxylic acids is 2. The number of rotatable bonds is 24. The van der Waals surface area contributed by atoms with E-state index in [4.69, 9.17) is 25.9 Å². The van der Waals surface area contributed by atoms with Gasteiger partial charge in [-0.3, -0.25) is 19.4 Å². The maximum Gasteiger partial charge on any atom is 0.508 e. The summed E-state index contributed by atoms with van der Waals surface area (Å²) in [5, 5.41) is 28.5. The summed E-state index contributed by atoms with van der Waals surface area (Å²) in [6.45, 7) is 13.7. The minimum Gasteiger partial charge on any atom is -0.480 e. The second-order valence-corrected chi connectivity index (χ2v) is 18.1. The highest BCUT2D eigenvalue weighted by Gasteiger charge is 2.29. The first kappa shape index (κ1) is 50.8. The van der Waals surface area contributed by atoms with Crippen LogP contribution in [0.25, 0.3) is 34.9 Å². The number of pyridine rings is 1.